The minimum Gasteiger partial charge on any atom is -0.445 e. The fourth-order valence-electron chi connectivity index (χ4n) is 4.26. The van der Waals surface area contributed by atoms with E-state index in [-0.39, 0.29) is 35.3 Å². The zero-order valence-corrected chi connectivity index (χ0v) is 24.4. The van der Waals surface area contributed by atoms with Crippen molar-refractivity contribution in [3.8, 4) is 5.75 Å². The molecule has 0 unspecified atom stereocenters. The molecule has 0 atom stereocenters. The summed E-state index contributed by atoms with van der Waals surface area (Å²) in [5.74, 6) is -1.03. The number of aromatic nitrogens is 1. The smallest absolute Gasteiger partial charge is 0.445 e. The molecular weight excluding hydrogens is 656 g/mol. The van der Waals surface area contributed by atoms with Crippen LogP contribution in [0.2, 0.25) is 0 Å². The molecule has 0 spiro atoms. The number of benzene rings is 3. The van der Waals surface area contributed by atoms with E-state index in [4.69, 9.17) is 4.74 Å². The van der Waals surface area contributed by atoms with Gasteiger partial charge in [0.2, 0.25) is 0 Å². The topological polar surface area (TPSA) is 123 Å². The van der Waals surface area contributed by atoms with Crippen LogP contribution < -0.4 is 13.3 Å². The van der Waals surface area contributed by atoms with E-state index in [0.717, 1.165) is 46.9 Å². The summed E-state index contributed by atoms with van der Waals surface area (Å²) in [7, 11) is -9.14. The van der Waals surface area contributed by atoms with Crippen molar-refractivity contribution >= 4 is 48.8 Å². The number of fused-ring (bicyclic) bond motifs is 1. The van der Waals surface area contributed by atoms with Gasteiger partial charge in [-0.25, -0.2) is 26.1 Å². The minimum absolute atomic E-state index is 0.0468. The SMILES string of the molecule is CCN(c1cnc(N(COC=O)S(=O)(=O)c2ccc(OC(F)(F)F)cc2)c2ccccc12)S(=O)(=O)c1ccc(C(F)(F)F)cc1. The van der Waals surface area contributed by atoms with Crippen LogP contribution in [-0.4, -0.2) is 47.9 Å². The number of hydrogen-bond acceptors (Lipinski definition) is 8. The highest BCUT2D eigenvalue weighted by molar-refractivity contribution is 7.93. The van der Waals surface area contributed by atoms with Crippen molar-refractivity contribution < 1.29 is 57.4 Å². The molecule has 3 aromatic carbocycles. The second kappa shape index (κ2) is 12.4. The highest BCUT2D eigenvalue weighted by Gasteiger charge is 2.34. The van der Waals surface area contributed by atoms with Crippen LogP contribution in [0.1, 0.15) is 12.5 Å². The van der Waals surface area contributed by atoms with Gasteiger partial charge >= 0.3 is 12.5 Å². The number of carbonyl (C=O) groups is 1. The van der Waals surface area contributed by atoms with Gasteiger partial charge in [-0.2, -0.15) is 13.2 Å². The van der Waals surface area contributed by atoms with E-state index in [1.165, 1.54) is 31.2 Å². The van der Waals surface area contributed by atoms with E-state index in [0.29, 0.717) is 16.4 Å². The summed E-state index contributed by atoms with van der Waals surface area (Å²) < 4.78 is 141. The maximum atomic E-state index is 13.6. The number of carbonyl (C=O) groups excluding carboxylic acids is 1. The Labute approximate surface area is 252 Å². The number of pyridine rings is 1. The molecule has 0 N–H and O–H groups in total. The predicted molar refractivity (Wildman–Crippen MR) is 148 cm³/mol. The van der Waals surface area contributed by atoms with Gasteiger partial charge in [-0.1, -0.05) is 24.3 Å². The Kier molecular flexibility index (Phi) is 9.20. The molecule has 240 valence electrons. The number of ether oxygens (including phenoxy) is 2. The summed E-state index contributed by atoms with van der Waals surface area (Å²) in [5, 5.41) is 0.186. The monoisotopic (exact) mass is 677 g/mol. The Morgan fingerprint density at radius 2 is 1.31 bits per heavy atom. The Hall–Kier alpha value is -4.58. The Balaban J connectivity index is 1.82. The van der Waals surface area contributed by atoms with Crippen LogP contribution in [0.3, 0.4) is 0 Å². The molecule has 0 aliphatic heterocycles. The molecule has 1 heterocycles. The molecule has 1 aromatic heterocycles. The van der Waals surface area contributed by atoms with Gasteiger partial charge in [-0.3, -0.25) is 9.10 Å². The maximum absolute atomic E-state index is 13.6. The lowest BCUT2D eigenvalue weighted by Gasteiger charge is -2.27. The first-order chi connectivity index (χ1) is 21.0. The molecule has 0 radical (unpaired) electrons. The number of nitrogens with zero attached hydrogens (tertiary/aromatic N) is 3. The molecule has 18 heteroatoms. The number of anilines is 2. The fraction of sp³-hybridized carbons (Fsp3) is 0.185. The summed E-state index contributed by atoms with van der Waals surface area (Å²) in [5.41, 5.74) is -1.11. The molecule has 0 aliphatic carbocycles. The lowest BCUT2D eigenvalue weighted by atomic mass is 10.1. The van der Waals surface area contributed by atoms with Crippen molar-refractivity contribution in [1.82, 2.24) is 4.98 Å². The Morgan fingerprint density at radius 3 is 1.82 bits per heavy atom. The van der Waals surface area contributed by atoms with Gasteiger partial charge in [0.05, 0.1) is 27.2 Å². The number of hydrogen-bond donors (Lipinski definition) is 0. The molecule has 0 fully saturated rings. The third-order valence-corrected chi connectivity index (χ3v) is 9.85. The molecular formula is C27H21F6N3O7S2. The third kappa shape index (κ3) is 7.06. The van der Waals surface area contributed by atoms with Gasteiger partial charge in [0, 0.05) is 17.3 Å². The van der Waals surface area contributed by atoms with Crippen LogP contribution in [0.15, 0.2) is 88.8 Å². The van der Waals surface area contributed by atoms with Crippen LogP contribution in [0, 0.1) is 0 Å². The molecule has 0 bridgehead atoms. The van der Waals surface area contributed by atoms with Crippen molar-refractivity contribution in [2.75, 3.05) is 21.9 Å². The lowest BCUT2D eigenvalue weighted by molar-refractivity contribution is -0.274. The normalized spacial score (nSPS) is 12.5. The van der Waals surface area contributed by atoms with Crippen LogP contribution >= 0.6 is 0 Å². The Bertz CT molecular complexity index is 1900. The van der Waals surface area contributed by atoms with Crippen LogP contribution in [-0.2, 0) is 35.8 Å². The second-order valence-corrected chi connectivity index (χ2v) is 12.7. The van der Waals surface area contributed by atoms with Crippen LogP contribution in [0.25, 0.3) is 10.8 Å². The summed E-state index contributed by atoms with van der Waals surface area (Å²) in [6.07, 6.45) is -8.70. The number of alkyl halides is 6. The molecule has 0 saturated carbocycles. The minimum atomic E-state index is -5.03. The van der Waals surface area contributed by atoms with Gasteiger partial charge in [0.25, 0.3) is 26.5 Å². The molecule has 0 saturated heterocycles. The number of sulfonamides is 2. The average molecular weight is 678 g/mol. The van der Waals surface area contributed by atoms with Gasteiger partial charge < -0.3 is 9.47 Å². The Morgan fingerprint density at radius 1 is 0.778 bits per heavy atom. The van der Waals surface area contributed by atoms with Crippen molar-refractivity contribution in [2.45, 2.75) is 29.3 Å². The molecule has 4 rings (SSSR count). The fourth-order valence-corrected chi connectivity index (χ4v) is 7.04. The molecule has 45 heavy (non-hydrogen) atoms. The summed E-state index contributed by atoms with van der Waals surface area (Å²) in [4.78, 5) is 14.2. The first-order valence-electron chi connectivity index (χ1n) is 12.5. The molecule has 10 nitrogen and oxygen atoms in total. The zero-order chi connectivity index (χ0) is 33.2. The van der Waals surface area contributed by atoms with E-state index in [9.17, 15) is 48.0 Å². The van der Waals surface area contributed by atoms with Gasteiger partial charge in [-0.05, 0) is 55.5 Å². The van der Waals surface area contributed by atoms with Crippen LogP contribution in [0.5, 0.6) is 5.75 Å². The predicted octanol–water partition coefficient (Wildman–Crippen LogP) is 5.69. The standard InChI is InChI=1S/C27H21F6N3O7S2/c1-2-35(44(38,39)20-11-7-18(8-12-20)26(28,29)30)24-15-34-25(23-6-4-3-5-22(23)24)36(16-42-17-37)45(40,41)21-13-9-19(10-14-21)43-27(31,32)33/h3-15,17H,2,16H2,1H3. The van der Waals surface area contributed by atoms with Gasteiger partial charge in [0.1, 0.15) is 5.75 Å². The maximum Gasteiger partial charge on any atom is 0.573 e. The van der Waals surface area contributed by atoms with Crippen molar-refractivity contribution in [2.24, 2.45) is 0 Å². The quantitative estimate of drug-likeness (QED) is 0.113. The van der Waals surface area contributed by atoms with Crippen molar-refractivity contribution in [3.05, 3.63) is 84.6 Å². The van der Waals surface area contributed by atoms with Crippen molar-refractivity contribution in [3.63, 3.8) is 0 Å². The van der Waals surface area contributed by atoms with Crippen LogP contribution in [0.4, 0.5) is 37.8 Å². The first-order valence-corrected chi connectivity index (χ1v) is 15.4. The van der Waals surface area contributed by atoms with E-state index in [1.54, 1.807) is 0 Å². The molecule has 0 amide bonds. The largest absolute Gasteiger partial charge is 0.573 e. The zero-order valence-electron chi connectivity index (χ0n) is 22.8. The van der Waals surface area contributed by atoms with E-state index >= 15 is 0 Å². The third-order valence-electron chi connectivity index (χ3n) is 6.22. The van der Waals surface area contributed by atoms with Gasteiger partial charge in [-0.15, -0.1) is 13.2 Å². The number of halogens is 6. The summed E-state index contributed by atoms with van der Waals surface area (Å²) in [6, 6.07) is 11.9. The average Bonchev–Trinajstić information content (AvgIpc) is 2.97. The summed E-state index contributed by atoms with van der Waals surface area (Å²) >= 11 is 0. The molecule has 0 aliphatic rings. The highest BCUT2D eigenvalue weighted by atomic mass is 32.2. The highest BCUT2D eigenvalue weighted by Crippen LogP contribution is 2.37. The van der Waals surface area contributed by atoms with Crippen molar-refractivity contribution in [1.29, 1.82) is 0 Å². The van der Waals surface area contributed by atoms with E-state index in [2.05, 4.69) is 9.72 Å². The molecule has 4 aromatic rings. The van der Waals surface area contributed by atoms with E-state index < -0.39 is 60.4 Å². The first kappa shape index (κ1) is 33.3. The van der Waals surface area contributed by atoms with E-state index in [1.807, 2.05) is 0 Å². The second-order valence-electron chi connectivity index (χ2n) is 8.97. The summed E-state index contributed by atoms with van der Waals surface area (Å²) in [6.45, 7) is 0.279. The number of rotatable bonds is 11. The van der Waals surface area contributed by atoms with Gasteiger partial charge in [0.15, 0.2) is 12.5 Å². The lowest BCUT2D eigenvalue weighted by Crippen LogP contribution is -2.35.